The highest BCUT2D eigenvalue weighted by molar-refractivity contribution is 7.92. The van der Waals surface area contributed by atoms with Crippen molar-refractivity contribution in [1.82, 2.24) is 0 Å². The van der Waals surface area contributed by atoms with Gasteiger partial charge < -0.3 is 5.11 Å². The second-order valence-electron chi connectivity index (χ2n) is 4.03. The van der Waals surface area contributed by atoms with Gasteiger partial charge in [-0.25, -0.2) is 12.8 Å². The first-order valence-corrected chi connectivity index (χ1v) is 7.04. The van der Waals surface area contributed by atoms with Gasteiger partial charge in [0, 0.05) is 18.2 Å². The van der Waals surface area contributed by atoms with Gasteiger partial charge in [0.05, 0.1) is 15.5 Å². The molecule has 2 aromatic rings. The van der Waals surface area contributed by atoms with Crippen molar-refractivity contribution >= 4 is 21.4 Å². The fraction of sp³-hybridized carbons (Fsp3) is 0. The zero-order chi connectivity index (χ0) is 15.6. The van der Waals surface area contributed by atoms with Crippen LogP contribution in [-0.4, -0.2) is 18.4 Å². The minimum absolute atomic E-state index is 0.114. The van der Waals surface area contributed by atoms with E-state index >= 15 is 0 Å². The summed E-state index contributed by atoms with van der Waals surface area (Å²) in [5.41, 5.74) is -0.494. The van der Waals surface area contributed by atoms with E-state index in [0.717, 1.165) is 30.3 Å². The molecule has 2 rings (SSSR count). The molecule has 0 spiro atoms. The molecular formula is C12H9FN2O5S. The van der Waals surface area contributed by atoms with Crippen LogP contribution in [0.5, 0.6) is 5.75 Å². The van der Waals surface area contributed by atoms with Crippen LogP contribution in [0.2, 0.25) is 0 Å². The highest BCUT2D eigenvalue weighted by atomic mass is 32.2. The number of nitrogens with one attached hydrogen (secondary N) is 1. The van der Waals surface area contributed by atoms with Gasteiger partial charge >= 0.3 is 0 Å². The minimum Gasteiger partial charge on any atom is -0.505 e. The van der Waals surface area contributed by atoms with E-state index in [9.17, 15) is 22.9 Å². The number of rotatable bonds is 4. The predicted molar refractivity (Wildman–Crippen MR) is 72.0 cm³/mol. The van der Waals surface area contributed by atoms with Crippen molar-refractivity contribution in [3.05, 3.63) is 58.4 Å². The van der Waals surface area contributed by atoms with Crippen LogP contribution in [0.15, 0.2) is 47.4 Å². The molecule has 0 fully saturated rings. The smallest absolute Gasteiger partial charge is 0.270 e. The number of hydrogen-bond donors (Lipinski definition) is 2. The van der Waals surface area contributed by atoms with E-state index in [1.807, 2.05) is 0 Å². The molecule has 0 atom stereocenters. The fourth-order valence-corrected chi connectivity index (χ4v) is 2.64. The first kappa shape index (κ1) is 14.7. The van der Waals surface area contributed by atoms with E-state index in [1.54, 1.807) is 0 Å². The van der Waals surface area contributed by atoms with Gasteiger partial charge in [-0.15, -0.1) is 0 Å². The standard InChI is InChI=1S/C12H9FN2O5S/c13-11-6-8(4-5-12(11)16)14-21(19,20)10-3-1-2-9(7-10)15(17)18/h1-7,14,16H. The third kappa shape index (κ3) is 3.26. The average Bonchev–Trinajstić information content (AvgIpc) is 2.43. The summed E-state index contributed by atoms with van der Waals surface area (Å²) in [6, 6.07) is 7.38. The quantitative estimate of drug-likeness (QED) is 0.511. The van der Waals surface area contributed by atoms with E-state index in [1.165, 1.54) is 12.1 Å². The van der Waals surface area contributed by atoms with Gasteiger partial charge in [0.1, 0.15) is 0 Å². The lowest BCUT2D eigenvalue weighted by Gasteiger charge is -2.08. The Kier molecular flexibility index (Phi) is 3.76. The number of non-ortho nitro benzene ring substituents is 1. The second-order valence-corrected chi connectivity index (χ2v) is 5.71. The van der Waals surface area contributed by atoms with E-state index in [0.29, 0.717) is 0 Å². The molecule has 21 heavy (non-hydrogen) atoms. The molecule has 0 aromatic heterocycles. The molecule has 2 aromatic carbocycles. The summed E-state index contributed by atoms with van der Waals surface area (Å²) >= 11 is 0. The van der Waals surface area contributed by atoms with Crippen LogP contribution in [-0.2, 0) is 10.0 Å². The number of nitro benzene ring substituents is 1. The maximum Gasteiger partial charge on any atom is 0.270 e. The minimum atomic E-state index is -4.10. The highest BCUT2D eigenvalue weighted by Gasteiger charge is 2.18. The molecule has 7 nitrogen and oxygen atoms in total. The molecule has 0 bridgehead atoms. The monoisotopic (exact) mass is 312 g/mol. The van der Waals surface area contributed by atoms with Gasteiger partial charge in [-0.3, -0.25) is 14.8 Å². The summed E-state index contributed by atoms with van der Waals surface area (Å²) in [5, 5.41) is 19.7. The maximum absolute atomic E-state index is 13.2. The molecule has 9 heteroatoms. The van der Waals surface area contributed by atoms with Gasteiger partial charge in [0.25, 0.3) is 15.7 Å². The summed E-state index contributed by atoms with van der Waals surface area (Å²) in [6.45, 7) is 0. The largest absolute Gasteiger partial charge is 0.505 e. The van der Waals surface area contributed by atoms with Gasteiger partial charge in [-0.1, -0.05) is 6.07 Å². The summed E-state index contributed by atoms with van der Waals surface area (Å²) in [4.78, 5) is 9.58. The van der Waals surface area contributed by atoms with E-state index < -0.39 is 26.5 Å². The molecule has 0 aliphatic carbocycles. The van der Waals surface area contributed by atoms with Gasteiger partial charge in [-0.05, 0) is 18.2 Å². The van der Waals surface area contributed by atoms with Crippen LogP contribution in [0, 0.1) is 15.9 Å². The summed E-state index contributed by atoms with van der Waals surface area (Å²) in [5.74, 6) is -1.61. The number of nitrogens with zero attached hydrogens (tertiary/aromatic N) is 1. The van der Waals surface area contributed by atoms with Crippen molar-refractivity contribution in [2.45, 2.75) is 4.90 Å². The van der Waals surface area contributed by atoms with Crippen molar-refractivity contribution in [2.75, 3.05) is 4.72 Å². The Morgan fingerprint density at radius 1 is 1.19 bits per heavy atom. The van der Waals surface area contributed by atoms with Crippen molar-refractivity contribution in [3.8, 4) is 5.75 Å². The molecule has 0 heterocycles. The molecular weight excluding hydrogens is 303 g/mol. The zero-order valence-corrected chi connectivity index (χ0v) is 11.2. The number of nitro groups is 1. The SMILES string of the molecule is O=[N+]([O-])c1cccc(S(=O)(=O)Nc2ccc(O)c(F)c2)c1. The zero-order valence-electron chi connectivity index (χ0n) is 10.4. The van der Waals surface area contributed by atoms with E-state index in [2.05, 4.69) is 4.72 Å². The Bertz CT molecular complexity index is 807. The predicted octanol–water partition coefficient (Wildman–Crippen LogP) is 2.24. The van der Waals surface area contributed by atoms with Crippen molar-refractivity contribution in [1.29, 1.82) is 0 Å². The number of halogens is 1. The lowest BCUT2D eigenvalue weighted by Crippen LogP contribution is -2.13. The van der Waals surface area contributed by atoms with Crippen LogP contribution < -0.4 is 4.72 Å². The topological polar surface area (TPSA) is 110 Å². The Morgan fingerprint density at radius 3 is 2.52 bits per heavy atom. The second kappa shape index (κ2) is 5.37. The lowest BCUT2D eigenvalue weighted by atomic mass is 10.3. The normalized spacial score (nSPS) is 11.1. The van der Waals surface area contributed by atoms with E-state index in [4.69, 9.17) is 5.11 Å². The molecule has 0 radical (unpaired) electrons. The Morgan fingerprint density at radius 2 is 1.90 bits per heavy atom. The molecule has 0 unspecified atom stereocenters. The van der Waals surface area contributed by atoms with Crippen LogP contribution >= 0.6 is 0 Å². The molecule has 0 aliphatic rings. The van der Waals surface area contributed by atoms with E-state index in [-0.39, 0.29) is 16.3 Å². The molecule has 2 N–H and O–H groups in total. The number of benzene rings is 2. The number of anilines is 1. The van der Waals surface area contributed by atoms with Gasteiger partial charge in [0.2, 0.25) is 0 Å². The summed E-state index contributed by atoms with van der Waals surface area (Å²) in [6.07, 6.45) is 0. The number of phenols is 1. The molecule has 0 amide bonds. The maximum atomic E-state index is 13.2. The third-order valence-electron chi connectivity index (χ3n) is 2.54. The Balaban J connectivity index is 2.36. The molecule has 0 saturated heterocycles. The van der Waals surface area contributed by atoms with Gasteiger partial charge in [0.15, 0.2) is 11.6 Å². The Labute approximate surface area is 118 Å². The third-order valence-corrected chi connectivity index (χ3v) is 3.92. The molecule has 0 aliphatic heterocycles. The van der Waals surface area contributed by atoms with Crippen LogP contribution in [0.4, 0.5) is 15.8 Å². The van der Waals surface area contributed by atoms with Crippen LogP contribution in [0.1, 0.15) is 0 Å². The van der Waals surface area contributed by atoms with Gasteiger partial charge in [-0.2, -0.15) is 0 Å². The van der Waals surface area contributed by atoms with Crippen molar-refractivity contribution in [2.24, 2.45) is 0 Å². The first-order valence-electron chi connectivity index (χ1n) is 5.55. The van der Waals surface area contributed by atoms with Crippen molar-refractivity contribution < 1.29 is 22.8 Å². The number of phenolic OH excluding ortho intramolecular Hbond substituents is 1. The number of sulfonamides is 1. The summed E-state index contributed by atoms with van der Waals surface area (Å²) < 4.78 is 39.3. The van der Waals surface area contributed by atoms with Crippen LogP contribution in [0.25, 0.3) is 0 Å². The lowest BCUT2D eigenvalue weighted by molar-refractivity contribution is -0.385. The molecule has 0 saturated carbocycles. The summed E-state index contributed by atoms with van der Waals surface area (Å²) in [7, 11) is -4.10. The number of hydrogen-bond acceptors (Lipinski definition) is 5. The Hall–Kier alpha value is -2.68. The first-order chi connectivity index (χ1) is 9.79. The van der Waals surface area contributed by atoms with Crippen LogP contribution in [0.3, 0.4) is 0 Å². The fourth-order valence-electron chi connectivity index (χ4n) is 1.55. The average molecular weight is 312 g/mol. The molecule has 110 valence electrons. The van der Waals surface area contributed by atoms with Crippen molar-refractivity contribution in [3.63, 3.8) is 0 Å². The number of aromatic hydroxyl groups is 1. The highest BCUT2D eigenvalue weighted by Crippen LogP contribution is 2.23.